The van der Waals surface area contributed by atoms with Crippen LogP contribution in [0.25, 0.3) is 0 Å². The topological polar surface area (TPSA) is 110 Å². The standard InChI is InChI=1S/C18H24BClN2O4.CH4O/c20-16-4-3-12-7-17(21-8-14(12)6-16)18(24)22-9-13(15(10-22)11-23)2-1-5-19(25)26;1-2/h3-4,6,11,13,15,17,21,25-26H,1-2,5,7-10H2;2H,1H3. The molecule has 7 nitrogen and oxygen atoms in total. The molecule has 154 valence electrons. The predicted octanol–water partition coefficient (Wildman–Crippen LogP) is 0.489. The molecule has 0 aromatic heterocycles. The number of nitrogens with zero attached hydrogens (tertiary/aromatic N) is 1. The van der Waals surface area contributed by atoms with Crippen molar-refractivity contribution in [3.63, 3.8) is 0 Å². The van der Waals surface area contributed by atoms with E-state index < -0.39 is 7.12 Å². The number of hydrogen-bond donors (Lipinski definition) is 4. The highest BCUT2D eigenvalue weighted by molar-refractivity contribution is 6.40. The number of aliphatic hydroxyl groups is 1. The maximum Gasteiger partial charge on any atom is 0.451 e. The van der Waals surface area contributed by atoms with E-state index in [-0.39, 0.29) is 23.8 Å². The van der Waals surface area contributed by atoms with Crippen LogP contribution in [0, 0.1) is 11.8 Å². The lowest BCUT2D eigenvalue weighted by Gasteiger charge is -2.29. The number of rotatable bonds is 6. The minimum atomic E-state index is -1.32. The first kappa shape index (κ1) is 22.8. The second kappa shape index (κ2) is 10.9. The van der Waals surface area contributed by atoms with Gasteiger partial charge in [0.2, 0.25) is 5.91 Å². The van der Waals surface area contributed by atoms with E-state index in [9.17, 15) is 9.59 Å². The average molecular weight is 411 g/mol. The van der Waals surface area contributed by atoms with Crippen LogP contribution in [-0.2, 0) is 22.6 Å². The summed E-state index contributed by atoms with van der Waals surface area (Å²) in [7, 11) is -0.316. The molecule has 28 heavy (non-hydrogen) atoms. The molecule has 4 N–H and O–H groups in total. The van der Waals surface area contributed by atoms with Crippen molar-refractivity contribution in [1.82, 2.24) is 10.2 Å². The molecule has 0 aliphatic carbocycles. The van der Waals surface area contributed by atoms with E-state index in [0.717, 1.165) is 24.5 Å². The SMILES string of the molecule is CO.O=CC1CN(C(=O)C2Cc3ccc(Cl)cc3CN2)CC1CCCB(O)O. The number of fused-ring (bicyclic) bond motifs is 1. The molecule has 9 heteroatoms. The molecule has 3 atom stereocenters. The van der Waals surface area contributed by atoms with Gasteiger partial charge in [-0.3, -0.25) is 4.79 Å². The highest BCUT2D eigenvalue weighted by Crippen LogP contribution is 2.28. The maximum absolute atomic E-state index is 12.9. The van der Waals surface area contributed by atoms with Crippen LogP contribution < -0.4 is 5.32 Å². The average Bonchev–Trinajstić information content (AvgIpc) is 3.11. The summed E-state index contributed by atoms with van der Waals surface area (Å²) in [5, 5.41) is 28.9. The van der Waals surface area contributed by atoms with Gasteiger partial charge in [0.1, 0.15) is 6.29 Å². The first-order chi connectivity index (χ1) is 13.5. The summed E-state index contributed by atoms with van der Waals surface area (Å²) in [5.74, 6) is -0.0588. The molecule has 1 fully saturated rings. The molecule has 1 aromatic carbocycles. The normalized spacial score (nSPS) is 23.5. The van der Waals surface area contributed by atoms with Gasteiger partial charge < -0.3 is 30.2 Å². The lowest BCUT2D eigenvalue weighted by Crippen LogP contribution is -2.49. The van der Waals surface area contributed by atoms with E-state index in [2.05, 4.69) is 5.32 Å². The number of hydrogen-bond acceptors (Lipinski definition) is 6. The highest BCUT2D eigenvalue weighted by atomic mass is 35.5. The summed E-state index contributed by atoms with van der Waals surface area (Å²) >= 11 is 6.02. The Bertz CT molecular complexity index is 676. The number of aldehydes is 1. The zero-order valence-corrected chi connectivity index (χ0v) is 16.8. The lowest BCUT2D eigenvalue weighted by atomic mass is 9.81. The largest absolute Gasteiger partial charge is 0.451 e. The van der Waals surface area contributed by atoms with Gasteiger partial charge in [0.05, 0.1) is 6.04 Å². The molecule has 2 aliphatic heterocycles. The molecule has 1 amide bonds. The lowest BCUT2D eigenvalue weighted by molar-refractivity contribution is -0.132. The smallest absolute Gasteiger partial charge is 0.427 e. The van der Waals surface area contributed by atoms with Crippen molar-refractivity contribution in [1.29, 1.82) is 0 Å². The number of aliphatic hydroxyl groups excluding tert-OH is 1. The van der Waals surface area contributed by atoms with Gasteiger partial charge in [0, 0.05) is 37.7 Å². The molecule has 3 unspecified atom stereocenters. The van der Waals surface area contributed by atoms with Gasteiger partial charge in [-0.1, -0.05) is 24.1 Å². The summed E-state index contributed by atoms with van der Waals surface area (Å²) in [6.45, 7) is 1.60. The highest BCUT2D eigenvalue weighted by Gasteiger charge is 2.37. The van der Waals surface area contributed by atoms with E-state index in [0.29, 0.717) is 50.2 Å². The Morgan fingerprint density at radius 2 is 2.07 bits per heavy atom. The molecule has 0 radical (unpaired) electrons. The molecular formula is C19H28BClN2O5. The Balaban J connectivity index is 0.00000136. The van der Waals surface area contributed by atoms with Crippen molar-refractivity contribution in [2.75, 3.05) is 20.2 Å². The van der Waals surface area contributed by atoms with Crippen LogP contribution in [0.4, 0.5) is 0 Å². The fourth-order valence-electron chi connectivity index (χ4n) is 3.98. The number of benzene rings is 1. The Morgan fingerprint density at radius 1 is 1.32 bits per heavy atom. The van der Waals surface area contributed by atoms with Crippen molar-refractivity contribution in [3.8, 4) is 0 Å². The first-order valence-corrected chi connectivity index (χ1v) is 9.91. The van der Waals surface area contributed by atoms with Crippen LogP contribution in [0.1, 0.15) is 24.0 Å². The number of likely N-dealkylation sites (tertiary alicyclic amines) is 1. The summed E-state index contributed by atoms with van der Waals surface area (Å²) in [6.07, 6.45) is 3.18. The fraction of sp³-hybridized carbons (Fsp3) is 0.579. The molecular weight excluding hydrogens is 382 g/mol. The summed E-state index contributed by atoms with van der Waals surface area (Å²) in [5.41, 5.74) is 2.25. The molecule has 3 rings (SSSR count). The minimum Gasteiger partial charge on any atom is -0.427 e. The first-order valence-electron chi connectivity index (χ1n) is 9.53. The number of carbonyl (C=O) groups excluding carboxylic acids is 2. The van der Waals surface area contributed by atoms with Crippen molar-refractivity contribution in [3.05, 3.63) is 34.3 Å². The van der Waals surface area contributed by atoms with Crippen molar-refractivity contribution >= 4 is 30.9 Å². The Kier molecular flexibility index (Phi) is 8.91. The third kappa shape index (κ3) is 5.78. The molecule has 2 aliphatic rings. The van der Waals surface area contributed by atoms with Crippen molar-refractivity contribution < 1.29 is 24.7 Å². The zero-order chi connectivity index (χ0) is 20.7. The van der Waals surface area contributed by atoms with Crippen LogP contribution in [0.5, 0.6) is 0 Å². The van der Waals surface area contributed by atoms with Gasteiger partial charge in [0.15, 0.2) is 0 Å². The molecule has 0 spiro atoms. The zero-order valence-electron chi connectivity index (χ0n) is 16.1. The van der Waals surface area contributed by atoms with Gasteiger partial charge in [-0.05, 0) is 48.3 Å². The number of nitrogens with one attached hydrogen (secondary N) is 1. The van der Waals surface area contributed by atoms with Crippen molar-refractivity contribution in [2.24, 2.45) is 11.8 Å². The van der Waals surface area contributed by atoms with Gasteiger partial charge in [-0.2, -0.15) is 0 Å². The van der Waals surface area contributed by atoms with E-state index in [1.807, 2.05) is 18.2 Å². The Hall–Kier alpha value is -1.45. The molecule has 0 bridgehead atoms. The number of carbonyl (C=O) groups is 2. The number of amides is 1. The third-order valence-corrected chi connectivity index (χ3v) is 5.68. The van der Waals surface area contributed by atoms with Gasteiger partial charge in [0.25, 0.3) is 0 Å². The second-order valence-corrected chi connectivity index (χ2v) is 7.70. The minimum absolute atomic E-state index is 0.0298. The van der Waals surface area contributed by atoms with E-state index in [1.165, 1.54) is 0 Å². The molecule has 0 saturated carbocycles. The maximum atomic E-state index is 12.9. The summed E-state index contributed by atoms with van der Waals surface area (Å²) < 4.78 is 0. The molecule has 1 aromatic rings. The van der Waals surface area contributed by atoms with Gasteiger partial charge in [-0.25, -0.2) is 0 Å². The Morgan fingerprint density at radius 3 is 2.75 bits per heavy atom. The van der Waals surface area contributed by atoms with E-state index in [4.69, 9.17) is 26.8 Å². The van der Waals surface area contributed by atoms with E-state index in [1.54, 1.807) is 4.90 Å². The predicted molar refractivity (Wildman–Crippen MR) is 108 cm³/mol. The van der Waals surface area contributed by atoms with Gasteiger partial charge in [-0.15, -0.1) is 0 Å². The van der Waals surface area contributed by atoms with Crippen LogP contribution in [0.2, 0.25) is 11.3 Å². The van der Waals surface area contributed by atoms with E-state index >= 15 is 0 Å². The van der Waals surface area contributed by atoms with Crippen LogP contribution >= 0.6 is 11.6 Å². The molecule has 1 saturated heterocycles. The third-order valence-electron chi connectivity index (χ3n) is 5.44. The quantitative estimate of drug-likeness (QED) is 0.401. The van der Waals surface area contributed by atoms with Crippen LogP contribution in [0.15, 0.2) is 18.2 Å². The monoisotopic (exact) mass is 410 g/mol. The van der Waals surface area contributed by atoms with Crippen molar-refractivity contribution in [2.45, 2.75) is 38.2 Å². The van der Waals surface area contributed by atoms with Crippen LogP contribution in [0.3, 0.4) is 0 Å². The molecule has 2 heterocycles. The number of halogens is 1. The second-order valence-electron chi connectivity index (χ2n) is 7.27. The van der Waals surface area contributed by atoms with Crippen LogP contribution in [-0.4, -0.2) is 65.6 Å². The fourth-order valence-corrected chi connectivity index (χ4v) is 4.17. The Labute approximate surface area is 170 Å². The van der Waals surface area contributed by atoms with Gasteiger partial charge >= 0.3 is 7.12 Å². The summed E-state index contributed by atoms with van der Waals surface area (Å²) in [6, 6.07) is 5.46. The summed E-state index contributed by atoms with van der Waals surface area (Å²) in [4.78, 5) is 26.1.